The molecule has 1 aromatic carbocycles. The highest BCUT2D eigenvalue weighted by Crippen LogP contribution is 2.18. The van der Waals surface area contributed by atoms with Crippen molar-refractivity contribution in [3.63, 3.8) is 0 Å². The summed E-state index contributed by atoms with van der Waals surface area (Å²) in [6.45, 7) is 2.79. The van der Waals surface area contributed by atoms with Crippen LogP contribution in [0.1, 0.15) is 5.56 Å². The van der Waals surface area contributed by atoms with Crippen LogP contribution in [0, 0.1) is 10.5 Å². The van der Waals surface area contributed by atoms with Gasteiger partial charge in [-0.2, -0.15) is 0 Å². The van der Waals surface area contributed by atoms with Crippen LogP contribution in [-0.4, -0.2) is 52.9 Å². The number of hydrogen-bond acceptors (Lipinski definition) is 4. The van der Waals surface area contributed by atoms with Crippen molar-refractivity contribution in [2.45, 2.75) is 19.1 Å². The maximum Gasteiger partial charge on any atom is 0.238 e. The van der Waals surface area contributed by atoms with Crippen molar-refractivity contribution in [1.29, 1.82) is 0 Å². The Balaban J connectivity index is 1.91. The lowest BCUT2D eigenvalue weighted by Gasteiger charge is -2.15. The summed E-state index contributed by atoms with van der Waals surface area (Å²) in [6, 6.07) is 5.81. The number of aryl methyl sites for hydroxylation is 1. The van der Waals surface area contributed by atoms with Crippen LogP contribution in [0.15, 0.2) is 18.2 Å². The minimum absolute atomic E-state index is 0.134. The summed E-state index contributed by atoms with van der Waals surface area (Å²) >= 11 is 2.22. The molecule has 2 atom stereocenters. The molecule has 6 heteroatoms. The lowest BCUT2D eigenvalue weighted by atomic mass is 10.2. The summed E-state index contributed by atoms with van der Waals surface area (Å²) in [5, 5.41) is 21.7. The van der Waals surface area contributed by atoms with E-state index in [-0.39, 0.29) is 12.5 Å². The number of aliphatic hydroxyl groups excluding tert-OH is 2. The maximum atomic E-state index is 11.9. The second-order valence-electron chi connectivity index (χ2n) is 4.84. The third-order valence-electron chi connectivity index (χ3n) is 3.16. The number of anilines is 1. The lowest BCUT2D eigenvalue weighted by Crippen LogP contribution is -2.32. The van der Waals surface area contributed by atoms with E-state index in [9.17, 15) is 15.0 Å². The molecular formula is C13H17IN2O3. The summed E-state index contributed by atoms with van der Waals surface area (Å²) in [5.74, 6) is -0.134. The fraction of sp³-hybridized carbons (Fsp3) is 0.462. The normalized spacial score (nSPS) is 23.6. The average molecular weight is 376 g/mol. The lowest BCUT2D eigenvalue weighted by molar-refractivity contribution is -0.117. The van der Waals surface area contributed by atoms with Gasteiger partial charge in [-0.3, -0.25) is 9.69 Å². The van der Waals surface area contributed by atoms with E-state index in [2.05, 4.69) is 27.9 Å². The highest BCUT2D eigenvalue weighted by atomic mass is 127. The Kier molecular flexibility index (Phi) is 4.77. The zero-order valence-corrected chi connectivity index (χ0v) is 12.8. The van der Waals surface area contributed by atoms with Gasteiger partial charge in [0, 0.05) is 22.3 Å². The number of likely N-dealkylation sites (tertiary alicyclic amines) is 1. The standard InChI is InChI=1S/C13H17IN2O3/c1-8-4-9(14)2-3-10(8)15-13(19)7-16-5-11(17)12(18)6-16/h2-4,11-12,17-18H,5-7H2,1H3,(H,15,19). The molecule has 1 aliphatic heterocycles. The minimum atomic E-state index is -0.757. The van der Waals surface area contributed by atoms with E-state index in [4.69, 9.17) is 0 Å². The fourth-order valence-electron chi connectivity index (χ4n) is 2.14. The van der Waals surface area contributed by atoms with Crippen LogP contribution < -0.4 is 5.32 Å². The molecule has 1 heterocycles. The Morgan fingerprint density at radius 1 is 1.42 bits per heavy atom. The number of β-amino-alcohol motifs (C(OH)–C–C–N with tert-alkyl or cyclic N) is 2. The molecule has 2 rings (SSSR count). The number of halogens is 1. The second-order valence-corrected chi connectivity index (χ2v) is 6.08. The molecule has 2 unspecified atom stereocenters. The van der Waals surface area contributed by atoms with Crippen LogP contribution in [0.5, 0.6) is 0 Å². The minimum Gasteiger partial charge on any atom is -0.389 e. The van der Waals surface area contributed by atoms with Gasteiger partial charge in [0.05, 0.1) is 18.8 Å². The Morgan fingerprint density at radius 2 is 2.05 bits per heavy atom. The van der Waals surface area contributed by atoms with Gasteiger partial charge < -0.3 is 15.5 Å². The molecule has 0 bridgehead atoms. The van der Waals surface area contributed by atoms with Gasteiger partial charge in [0.25, 0.3) is 0 Å². The fourth-order valence-corrected chi connectivity index (χ4v) is 2.78. The Labute approximate surface area is 125 Å². The molecule has 0 aromatic heterocycles. The first-order valence-electron chi connectivity index (χ1n) is 6.10. The molecule has 0 aliphatic carbocycles. The molecule has 0 saturated carbocycles. The predicted octanol–water partition coefficient (Wildman–Crippen LogP) is 0.576. The number of hydrogen-bond donors (Lipinski definition) is 3. The topological polar surface area (TPSA) is 72.8 Å². The van der Waals surface area contributed by atoms with Crippen LogP contribution >= 0.6 is 22.6 Å². The summed E-state index contributed by atoms with van der Waals surface area (Å²) in [5.41, 5.74) is 1.81. The highest BCUT2D eigenvalue weighted by molar-refractivity contribution is 14.1. The maximum absolute atomic E-state index is 11.9. The Morgan fingerprint density at radius 3 is 2.63 bits per heavy atom. The molecule has 104 valence electrons. The molecule has 0 radical (unpaired) electrons. The molecular weight excluding hydrogens is 359 g/mol. The number of carbonyl (C=O) groups excluding carboxylic acids is 1. The number of rotatable bonds is 3. The van der Waals surface area contributed by atoms with E-state index < -0.39 is 12.2 Å². The number of carbonyl (C=O) groups is 1. The average Bonchev–Trinajstić information content (AvgIpc) is 2.62. The Bertz CT molecular complexity index is 471. The van der Waals surface area contributed by atoms with Gasteiger partial charge in [-0.1, -0.05) is 0 Å². The van der Waals surface area contributed by atoms with Crippen molar-refractivity contribution >= 4 is 34.2 Å². The van der Waals surface area contributed by atoms with Crippen LogP contribution in [0.3, 0.4) is 0 Å². The van der Waals surface area contributed by atoms with E-state index in [0.717, 1.165) is 14.8 Å². The number of aliphatic hydroxyl groups is 2. The number of benzene rings is 1. The van der Waals surface area contributed by atoms with Crippen molar-refractivity contribution in [2.24, 2.45) is 0 Å². The molecule has 1 amide bonds. The zero-order chi connectivity index (χ0) is 14.0. The van der Waals surface area contributed by atoms with Crippen molar-refractivity contribution in [1.82, 2.24) is 4.90 Å². The van der Waals surface area contributed by atoms with Gasteiger partial charge in [-0.05, 0) is 53.3 Å². The van der Waals surface area contributed by atoms with Crippen LogP contribution in [0.25, 0.3) is 0 Å². The first-order chi connectivity index (χ1) is 8.95. The quantitative estimate of drug-likeness (QED) is 0.675. The van der Waals surface area contributed by atoms with Gasteiger partial charge in [0.1, 0.15) is 0 Å². The van der Waals surface area contributed by atoms with Crippen LogP contribution in [-0.2, 0) is 4.79 Å². The van der Waals surface area contributed by atoms with Gasteiger partial charge in [0.15, 0.2) is 0 Å². The highest BCUT2D eigenvalue weighted by Gasteiger charge is 2.30. The van der Waals surface area contributed by atoms with E-state index in [1.165, 1.54) is 0 Å². The van der Waals surface area contributed by atoms with Crippen LogP contribution in [0.4, 0.5) is 5.69 Å². The molecule has 1 aromatic rings. The zero-order valence-electron chi connectivity index (χ0n) is 10.6. The molecule has 19 heavy (non-hydrogen) atoms. The molecule has 5 nitrogen and oxygen atoms in total. The molecule has 0 spiro atoms. The molecule has 1 saturated heterocycles. The van der Waals surface area contributed by atoms with Gasteiger partial charge in [-0.15, -0.1) is 0 Å². The second kappa shape index (κ2) is 6.17. The van der Waals surface area contributed by atoms with E-state index in [0.29, 0.717) is 13.1 Å². The van der Waals surface area contributed by atoms with E-state index >= 15 is 0 Å². The third kappa shape index (κ3) is 3.88. The van der Waals surface area contributed by atoms with Crippen molar-refractivity contribution in [3.05, 3.63) is 27.3 Å². The molecule has 1 aliphatic rings. The van der Waals surface area contributed by atoms with Gasteiger partial charge >= 0.3 is 0 Å². The largest absolute Gasteiger partial charge is 0.389 e. The third-order valence-corrected chi connectivity index (χ3v) is 3.84. The van der Waals surface area contributed by atoms with Gasteiger partial charge in [-0.25, -0.2) is 0 Å². The number of nitrogens with one attached hydrogen (secondary N) is 1. The summed E-state index contributed by atoms with van der Waals surface area (Å²) in [7, 11) is 0. The summed E-state index contributed by atoms with van der Waals surface area (Å²) < 4.78 is 1.12. The predicted molar refractivity (Wildman–Crippen MR) is 81.0 cm³/mol. The molecule has 1 fully saturated rings. The smallest absolute Gasteiger partial charge is 0.238 e. The van der Waals surface area contributed by atoms with Crippen LogP contribution in [0.2, 0.25) is 0 Å². The van der Waals surface area contributed by atoms with Crippen molar-refractivity contribution in [3.8, 4) is 0 Å². The summed E-state index contributed by atoms with van der Waals surface area (Å²) in [6.07, 6.45) is -1.51. The molecule has 3 N–H and O–H groups in total. The number of amides is 1. The monoisotopic (exact) mass is 376 g/mol. The van der Waals surface area contributed by atoms with E-state index in [1.54, 1.807) is 4.90 Å². The first kappa shape index (κ1) is 14.7. The SMILES string of the molecule is Cc1cc(I)ccc1NC(=O)CN1CC(O)C(O)C1. The first-order valence-corrected chi connectivity index (χ1v) is 7.18. The number of nitrogens with zero attached hydrogens (tertiary/aromatic N) is 1. The van der Waals surface area contributed by atoms with Gasteiger partial charge in [0.2, 0.25) is 5.91 Å². The van der Waals surface area contributed by atoms with Crippen molar-refractivity contribution in [2.75, 3.05) is 25.0 Å². The Hall–Kier alpha value is -0.700. The van der Waals surface area contributed by atoms with Crippen molar-refractivity contribution < 1.29 is 15.0 Å². The summed E-state index contributed by atoms with van der Waals surface area (Å²) in [4.78, 5) is 13.6. The van der Waals surface area contributed by atoms with E-state index in [1.807, 2.05) is 25.1 Å².